The smallest absolute Gasteiger partial charge is 0.128 e. The summed E-state index contributed by atoms with van der Waals surface area (Å²) in [7, 11) is 0. The summed E-state index contributed by atoms with van der Waals surface area (Å²) in [6.07, 6.45) is 4.66. The van der Waals surface area contributed by atoms with Crippen LogP contribution in [0.25, 0.3) is 0 Å². The molecule has 1 N–H and O–H groups in total. The second kappa shape index (κ2) is 6.19. The van der Waals surface area contributed by atoms with E-state index in [0.29, 0.717) is 5.92 Å². The van der Waals surface area contributed by atoms with Gasteiger partial charge in [-0.2, -0.15) is 0 Å². The lowest BCUT2D eigenvalue weighted by molar-refractivity contribution is 0.552. The summed E-state index contributed by atoms with van der Waals surface area (Å²) in [5.41, 5.74) is 1.27. The van der Waals surface area contributed by atoms with Gasteiger partial charge in [0.05, 0.1) is 0 Å². The minimum atomic E-state index is 0.697. The van der Waals surface area contributed by atoms with Crippen molar-refractivity contribution in [3.8, 4) is 0 Å². The van der Waals surface area contributed by atoms with Crippen LogP contribution in [0.5, 0.6) is 0 Å². The minimum absolute atomic E-state index is 0.697. The molecule has 18 heavy (non-hydrogen) atoms. The standard InChI is InChI=1S/C15H25N3/c1-4-18(14-6-7-14)15-8-5-13(11-17-15)10-16-9-12(2)3/h5,8,11-12,14,16H,4,6-7,9-10H2,1-3H3. The summed E-state index contributed by atoms with van der Waals surface area (Å²) in [4.78, 5) is 7.00. The molecule has 1 aliphatic rings. The number of nitrogens with zero attached hydrogens (tertiary/aromatic N) is 2. The molecule has 100 valence electrons. The van der Waals surface area contributed by atoms with E-state index in [1.54, 1.807) is 0 Å². The predicted octanol–water partition coefficient (Wildman–Crippen LogP) is 2.82. The Morgan fingerprint density at radius 3 is 2.67 bits per heavy atom. The molecule has 0 unspecified atom stereocenters. The summed E-state index contributed by atoms with van der Waals surface area (Å²) in [6, 6.07) is 5.10. The topological polar surface area (TPSA) is 28.2 Å². The van der Waals surface area contributed by atoms with Crippen molar-refractivity contribution in [3.05, 3.63) is 23.9 Å². The summed E-state index contributed by atoms with van der Waals surface area (Å²) < 4.78 is 0. The normalized spacial score (nSPS) is 15.1. The highest BCUT2D eigenvalue weighted by atomic mass is 15.2. The van der Waals surface area contributed by atoms with Crippen molar-refractivity contribution in [1.29, 1.82) is 0 Å². The Balaban J connectivity index is 1.88. The average molecular weight is 247 g/mol. The molecule has 0 bridgehead atoms. The first-order chi connectivity index (χ1) is 8.70. The van der Waals surface area contributed by atoms with Gasteiger partial charge in [0.25, 0.3) is 0 Å². The van der Waals surface area contributed by atoms with E-state index in [2.05, 4.69) is 48.1 Å². The Hall–Kier alpha value is -1.09. The Morgan fingerprint density at radius 1 is 1.39 bits per heavy atom. The number of hydrogen-bond acceptors (Lipinski definition) is 3. The molecule has 0 aromatic carbocycles. The molecule has 1 aromatic rings. The van der Waals surface area contributed by atoms with E-state index in [9.17, 15) is 0 Å². The van der Waals surface area contributed by atoms with Crippen molar-refractivity contribution in [3.63, 3.8) is 0 Å². The number of anilines is 1. The second-order valence-electron chi connectivity index (χ2n) is 5.57. The molecule has 0 aliphatic heterocycles. The van der Waals surface area contributed by atoms with E-state index in [-0.39, 0.29) is 0 Å². The van der Waals surface area contributed by atoms with Crippen LogP contribution in [0.15, 0.2) is 18.3 Å². The zero-order chi connectivity index (χ0) is 13.0. The van der Waals surface area contributed by atoms with Crippen molar-refractivity contribution in [2.24, 2.45) is 5.92 Å². The van der Waals surface area contributed by atoms with Crippen LogP contribution < -0.4 is 10.2 Å². The Kier molecular flexibility index (Phi) is 4.59. The van der Waals surface area contributed by atoms with Crippen LogP contribution in [-0.2, 0) is 6.54 Å². The minimum Gasteiger partial charge on any atom is -0.354 e. The van der Waals surface area contributed by atoms with Crippen LogP contribution in [0.1, 0.15) is 39.2 Å². The quantitative estimate of drug-likeness (QED) is 0.803. The Morgan fingerprint density at radius 2 is 2.17 bits per heavy atom. The van der Waals surface area contributed by atoms with Gasteiger partial charge >= 0.3 is 0 Å². The van der Waals surface area contributed by atoms with Gasteiger partial charge in [0.1, 0.15) is 5.82 Å². The monoisotopic (exact) mass is 247 g/mol. The van der Waals surface area contributed by atoms with Gasteiger partial charge in [0.2, 0.25) is 0 Å². The first-order valence-electron chi connectivity index (χ1n) is 7.13. The molecule has 3 nitrogen and oxygen atoms in total. The van der Waals surface area contributed by atoms with Crippen LogP contribution in [0, 0.1) is 5.92 Å². The summed E-state index contributed by atoms with van der Waals surface area (Å²) in [5, 5.41) is 3.45. The van der Waals surface area contributed by atoms with Gasteiger partial charge in [0.15, 0.2) is 0 Å². The zero-order valence-corrected chi connectivity index (χ0v) is 11.8. The molecule has 2 rings (SSSR count). The molecule has 0 spiro atoms. The predicted molar refractivity (Wildman–Crippen MR) is 76.8 cm³/mol. The molecule has 1 aromatic heterocycles. The zero-order valence-electron chi connectivity index (χ0n) is 11.8. The fraction of sp³-hybridized carbons (Fsp3) is 0.667. The molecule has 1 fully saturated rings. The van der Waals surface area contributed by atoms with E-state index >= 15 is 0 Å². The number of hydrogen-bond donors (Lipinski definition) is 1. The Bertz CT molecular complexity index is 355. The van der Waals surface area contributed by atoms with Crippen LogP contribution >= 0.6 is 0 Å². The van der Waals surface area contributed by atoms with Gasteiger partial charge in [-0.15, -0.1) is 0 Å². The highest BCUT2D eigenvalue weighted by Crippen LogP contribution is 2.30. The van der Waals surface area contributed by atoms with Crippen LogP contribution in [-0.4, -0.2) is 24.1 Å². The lowest BCUT2D eigenvalue weighted by Crippen LogP contribution is -2.26. The van der Waals surface area contributed by atoms with Gasteiger partial charge in [-0.25, -0.2) is 4.98 Å². The van der Waals surface area contributed by atoms with Gasteiger partial charge in [0, 0.05) is 25.3 Å². The first kappa shape index (κ1) is 13.3. The third kappa shape index (κ3) is 3.70. The van der Waals surface area contributed by atoms with E-state index in [4.69, 9.17) is 0 Å². The van der Waals surface area contributed by atoms with Crippen molar-refractivity contribution in [2.75, 3.05) is 18.0 Å². The SMILES string of the molecule is CCN(c1ccc(CNCC(C)C)cn1)C1CC1. The van der Waals surface area contributed by atoms with Crippen molar-refractivity contribution < 1.29 is 0 Å². The molecule has 1 aliphatic carbocycles. The van der Waals surface area contributed by atoms with E-state index < -0.39 is 0 Å². The van der Waals surface area contributed by atoms with Crippen LogP contribution in [0.4, 0.5) is 5.82 Å². The van der Waals surface area contributed by atoms with Crippen molar-refractivity contribution in [2.45, 2.75) is 46.2 Å². The maximum atomic E-state index is 4.59. The molecule has 3 heteroatoms. The lowest BCUT2D eigenvalue weighted by Gasteiger charge is -2.21. The summed E-state index contributed by atoms with van der Waals surface area (Å²) in [6.45, 7) is 9.69. The molecule has 0 radical (unpaired) electrons. The largest absolute Gasteiger partial charge is 0.354 e. The van der Waals surface area contributed by atoms with Crippen molar-refractivity contribution in [1.82, 2.24) is 10.3 Å². The summed E-state index contributed by atoms with van der Waals surface area (Å²) in [5.74, 6) is 1.83. The third-order valence-corrected chi connectivity index (χ3v) is 3.31. The average Bonchev–Trinajstić information content (AvgIpc) is 3.16. The molecule has 1 heterocycles. The van der Waals surface area contributed by atoms with E-state index in [1.807, 2.05) is 6.20 Å². The van der Waals surface area contributed by atoms with E-state index in [0.717, 1.165) is 31.5 Å². The second-order valence-corrected chi connectivity index (χ2v) is 5.57. The number of rotatable bonds is 7. The van der Waals surface area contributed by atoms with Crippen LogP contribution in [0.2, 0.25) is 0 Å². The maximum Gasteiger partial charge on any atom is 0.128 e. The van der Waals surface area contributed by atoms with Gasteiger partial charge in [-0.05, 0) is 43.9 Å². The van der Waals surface area contributed by atoms with E-state index in [1.165, 1.54) is 18.4 Å². The van der Waals surface area contributed by atoms with Gasteiger partial charge in [-0.1, -0.05) is 19.9 Å². The molecule has 0 amide bonds. The molecule has 0 atom stereocenters. The van der Waals surface area contributed by atoms with Gasteiger partial charge in [-0.3, -0.25) is 0 Å². The highest BCUT2D eigenvalue weighted by molar-refractivity contribution is 5.42. The molecular weight excluding hydrogens is 222 g/mol. The number of aromatic nitrogens is 1. The van der Waals surface area contributed by atoms with Crippen molar-refractivity contribution >= 4 is 5.82 Å². The lowest BCUT2D eigenvalue weighted by atomic mass is 10.2. The van der Waals surface area contributed by atoms with Gasteiger partial charge < -0.3 is 10.2 Å². The third-order valence-electron chi connectivity index (χ3n) is 3.31. The first-order valence-corrected chi connectivity index (χ1v) is 7.13. The molecule has 0 saturated heterocycles. The molecule has 1 saturated carbocycles. The highest BCUT2D eigenvalue weighted by Gasteiger charge is 2.28. The van der Waals surface area contributed by atoms with Crippen LogP contribution in [0.3, 0.4) is 0 Å². The fourth-order valence-electron chi connectivity index (χ4n) is 2.19. The molecular formula is C15H25N3. The number of nitrogens with one attached hydrogen (secondary N) is 1. The fourth-order valence-corrected chi connectivity index (χ4v) is 2.19. The number of pyridine rings is 1. The summed E-state index contributed by atoms with van der Waals surface area (Å²) >= 11 is 0. The maximum absolute atomic E-state index is 4.59. The Labute approximate surface area is 111 Å².